The van der Waals surface area contributed by atoms with Crippen molar-refractivity contribution in [3.8, 4) is 0 Å². The maximum atomic E-state index is 12.4. The van der Waals surface area contributed by atoms with Gasteiger partial charge in [-0.25, -0.2) is 4.90 Å². The van der Waals surface area contributed by atoms with E-state index in [2.05, 4.69) is 5.32 Å². The smallest absolute Gasteiger partial charge is 0.295 e. The third-order valence-electron chi connectivity index (χ3n) is 3.21. The number of carbonyl (C=O) groups excluding carboxylic acids is 2. The summed E-state index contributed by atoms with van der Waals surface area (Å²) in [6.07, 6.45) is 0. The van der Waals surface area contributed by atoms with Crippen molar-refractivity contribution in [3.63, 3.8) is 0 Å². The Bertz CT molecular complexity index is 670. The van der Waals surface area contributed by atoms with Gasteiger partial charge in [0.2, 0.25) is 0 Å². The van der Waals surface area contributed by atoms with E-state index in [1.165, 1.54) is 4.90 Å². The Hall–Kier alpha value is -2.27. The zero-order valence-corrected chi connectivity index (χ0v) is 12.3. The molecule has 1 aliphatic heterocycles. The van der Waals surface area contributed by atoms with Gasteiger partial charge in [0.25, 0.3) is 11.1 Å². The van der Waals surface area contributed by atoms with Crippen LogP contribution in [0.4, 0.5) is 16.2 Å². The molecule has 2 aromatic rings. The number of para-hydroxylation sites is 1. The number of hydrogen-bond donors (Lipinski definition) is 1. The zero-order chi connectivity index (χ0) is 14.8. The lowest BCUT2D eigenvalue weighted by atomic mass is 10.2. The van der Waals surface area contributed by atoms with Crippen LogP contribution in [0, 0.1) is 6.92 Å². The lowest BCUT2D eigenvalue weighted by Gasteiger charge is -2.14. The quantitative estimate of drug-likeness (QED) is 0.940. The van der Waals surface area contributed by atoms with Crippen molar-refractivity contribution in [2.75, 3.05) is 10.2 Å². The van der Waals surface area contributed by atoms with E-state index in [9.17, 15) is 9.59 Å². The molecule has 4 nitrogen and oxygen atoms in total. The fraction of sp³-hybridized carbons (Fsp3) is 0.125. The predicted octanol–water partition coefficient (Wildman–Crippen LogP) is 3.63. The molecule has 0 aromatic heterocycles. The fourth-order valence-corrected chi connectivity index (χ4v) is 3.02. The van der Waals surface area contributed by atoms with E-state index in [1.54, 1.807) is 24.3 Å². The third kappa shape index (κ3) is 2.78. The van der Waals surface area contributed by atoms with Crippen molar-refractivity contribution in [1.29, 1.82) is 0 Å². The number of benzene rings is 2. The number of amides is 2. The normalized spacial score (nSPS) is 18.1. The monoisotopic (exact) mass is 298 g/mol. The molecule has 0 aliphatic carbocycles. The minimum absolute atomic E-state index is 0.239. The largest absolute Gasteiger partial charge is 0.365 e. The Morgan fingerprint density at radius 1 is 1.00 bits per heavy atom. The zero-order valence-electron chi connectivity index (χ0n) is 11.4. The Labute approximate surface area is 127 Å². The molecule has 1 N–H and O–H groups in total. The molecule has 2 aromatic carbocycles. The van der Waals surface area contributed by atoms with Crippen LogP contribution in [0.5, 0.6) is 0 Å². The van der Waals surface area contributed by atoms with Gasteiger partial charge in [-0.1, -0.05) is 35.9 Å². The van der Waals surface area contributed by atoms with Crippen molar-refractivity contribution >= 4 is 34.3 Å². The van der Waals surface area contributed by atoms with Crippen molar-refractivity contribution < 1.29 is 9.59 Å². The highest BCUT2D eigenvalue weighted by molar-refractivity contribution is 8.16. The number of imide groups is 1. The van der Waals surface area contributed by atoms with Gasteiger partial charge in [-0.3, -0.25) is 9.59 Å². The molecule has 1 fully saturated rings. The van der Waals surface area contributed by atoms with Crippen LogP contribution in [-0.4, -0.2) is 16.5 Å². The molecule has 2 amide bonds. The molecule has 106 valence electrons. The molecule has 21 heavy (non-hydrogen) atoms. The van der Waals surface area contributed by atoms with E-state index in [0.29, 0.717) is 5.69 Å². The van der Waals surface area contributed by atoms with E-state index in [-0.39, 0.29) is 11.1 Å². The molecule has 0 unspecified atom stereocenters. The van der Waals surface area contributed by atoms with Crippen LogP contribution in [0.2, 0.25) is 0 Å². The number of thioether (sulfide) groups is 1. The molecule has 0 radical (unpaired) electrons. The Morgan fingerprint density at radius 2 is 1.67 bits per heavy atom. The first-order valence-electron chi connectivity index (χ1n) is 6.58. The Morgan fingerprint density at radius 3 is 2.33 bits per heavy atom. The summed E-state index contributed by atoms with van der Waals surface area (Å²) in [6, 6.07) is 16.7. The van der Waals surface area contributed by atoms with Crippen molar-refractivity contribution in [3.05, 3.63) is 60.2 Å². The number of nitrogens with one attached hydrogen (secondary N) is 1. The average Bonchev–Trinajstić information content (AvgIpc) is 2.77. The van der Waals surface area contributed by atoms with Crippen molar-refractivity contribution in [1.82, 2.24) is 0 Å². The summed E-state index contributed by atoms with van der Waals surface area (Å²) in [5, 5.41) is 2.26. The van der Waals surface area contributed by atoms with Gasteiger partial charge in [0, 0.05) is 5.69 Å². The highest BCUT2D eigenvalue weighted by Crippen LogP contribution is 2.32. The molecule has 0 saturated carbocycles. The second kappa shape index (κ2) is 5.61. The van der Waals surface area contributed by atoms with Gasteiger partial charge in [-0.05, 0) is 43.0 Å². The molecule has 5 heteroatoms. The minimum atomic E-state index is -0.583. The van der Waals surface area contributed by atoms with E-state index >= 15 is 0 Å². The summed E-state index contributed by atoms with van der Waals surface area (Å²) in [6.45, 7) is 2.00. The molecule has 1 aliphatic rings. The number of hydrogen-bond acceptors (Lipinski definition) is 4. The lowest BCUT2D eigenvalue weighted by molar-refractivity contribution is -0.116. The summed E-state index contributed by atoms with van der Waals surface area (Å²) in [4.78, 5) is 25.7. The van der Waals surface area contributed by atoms with Gasteiger partial charge in [-0.2, -0.15) is 0 Å². The molecule has 1 heterocycles. The summed E-state index contributed by atoms with van der Waals surface area (Å²) in [5.74, 6) is -0.239. The highest BCUT2D eigenvalue weighted by Gasteiger charge is 2.40. The van der Waals surface area contributed by atoms with Gasteiger partial charge in [0.05, 0.1) is 5.69 Å². The van der Waals surface area contributed by atoms with Crippen LogP contribution < -0.4 is 10.2 Å². The molecule has 1 saturated heterocycles. The highest BCUT2D eigenvalue weighted by atomic mass is 32.2. The minimum Gasteiger partial charge on any atom is -0.365 e. The number of aryl methyl sites for hydroxylation is 1. The van der Waals surface area contributed by atoms with E-state index in [1.807, 2.05) is 37.3 Å². The predicted molar refractivity (Wildman–Crippen MR) is 85.5 cm³/mol. The summed E-state index contributed by atoms with van der Waals surface area (Å²) < 4.78 is 0. The van der Waals surface area contributed by atoms with Crippen LogP contribution in [0.3, 0.4) is 0 Å². The third-order valence-corrected chi connectivity index (χ3v) is 4.15. The van der Waals surface area contributed by atoms with E-state index in [4.69, 9.17) is 0 Å². The first kappa shape index (κ1) is 13.7. The SMILES string of the molecule is Cc1ccc(N[C@@H]2SC(=O)N(c3ccccc3)C2=O)cc1. The van der Waals surface area contributed by atoms with Gasteiger partial charge in [-0.15, -0.1) is 0 Å². The number of anilines is 2. The average molecular weight is 298 g/mol. The van der Waals surface area contributed by atoms with Gasteiger partial charge in [0.15, 0.2) is 5.37 Å². The molecule has 1 atom stereocenters. The molecule has 3 rings (SSSR count). The Balaban J connectivity index is 1.79. The maximum Gasteiger partial charge on any atom is 0.295 e. The van der Waals surface area contributed by atoms with Gasteiger partial charge < -0.3 is 5.32 Å². The van der Waals surface area contributed by atoms with Crippen LogP contribution in [0.1, 0.15) is 5.56 Å². The first-order chi connectivity index (χ1) is 10.1. The molecule has 0 bridgehead atoms. The molecule has 0 spiro atoms. The maximum absolute atomic E-state index is 12.4. The molecular weight excluding hydrogens is 284 g/mol. The van der Waals surface area contributed by atoms with Gasteiger partial charge >= 0.3 is 0 Å². The van der Waals surface area contributed by atoms with E-state index < -0.39 is 5.37 Å². The first-order valence-corrected chi connectivity index (χ1v) is 7.46. The Kier molecular flexibility index (Phi) is 3.66. The topological polar surface area (TPSA) is 49.4 Å². The second-order valence-corrected chi connectivity index (χ2v) is 5.84. The number of nitrogens with zero attached hydrogens (tertiary/aromatic N) is 1. The van der Waals surface area contributed by atoms with Crippen molar-refractivity contribution in [2.24, 2.45) is 0 Å². The van der Waals surface area contributed by atoms with Crippen LogP contribution in [0.25, 0.3) is 0 Å². The van der Waals surface area contributed by atoms with Crippen molar-refractivity contribution in [2.45, 2.75) is 12.3 Å². The van der Waals surface area contributed by atoms with Gasteiger partial charge in [0.1, 0.15) is 0 Å². The summed E-state index contributed by atoms with van der Waals surface area (Å²) in [5.41, 5.74) is 2.58. The fourth-order valence-electron chi connectivity index (χ4n) is 2.11. The van der Waals surface area contributed by atoms with E-state index in [0.717, 1.165) is 23.0 Å². The van der Waals surface area contributed by atoms with Crippen LogP contribution in [-0.2, 0) is 4.79 Å². The second-order valence-electron chi connectivity index (χ2n) is 4.78. The van der Waals surface area contributed by atoms with Crippen LogP contribution in [0.15, 0.2) is 54.6 Å². The standard InChI is InChI=1S/C16H14N2O2S/c1-11-7-9-12(10-8-11)17-14-15(19)18(16(20)21-14)13-5-3-2-4-6-13/h2-10,14,17H,1H3/t14-/m1/s1. The summed E-state index contributed by atoms with van der Waals surface area (Å²) in [7, 11) is 0. The summed E-state index contributed by atoms with van der Waals surface area (Å²) >= 11 is 1.00. The number of rotatable bonds is 3. The molecular formula is C16H14N2O2S. The van der Waals surface area contributed by atoms with Crippen LogP contribution >= 0.6 is 11.8 Å². The lowest BCUT2D eigenvalue weighted by Crippen LogP contribution is -2.34. The number of carbonyl (C=O) groups is 2.